The van der Waals surface area contributed by atoms with Crippen molar-refractivity contribution in [3.63, 3.8) is 0 Å². The average Bonchev–Trinajstić information content (AvgIpc) is 2.56. The van der Waals surface area contributed by atoms with E-state index in [1.165, 1.54) is 6.42 Å². The monoisotopic (exact) mass is 264 g/mol. The zero-order valence-electron chi connectivity index (χ0n) is 10.5. The number of aryl methyl sites for hydroxylation is 2. The van der Waals surface area contributed by atoms with E-state index in [4.69, 9.17) is 0 Å². The predicted molar refractivity (Wildman–Crippen MR) is 75.5 cm³/mol. The molecule has 0 N–H and O–H groups in total. The van der Waals surface area contributed by atoms with Crippen LogP contribution in [0.4, 0.5) is 0 Å². The second-order valence-electron chi connectivity index (χ2n) is 4.82. The minimum atomic E-state index is 0. The molecule has 1 aliphatic rings. The lowest BCUT2D eigenvalue weighted by molar-refractivity contribution is 0.614. The Morgan fingerprint density at radius 1 is 1.22 bits per heavy atom. The van der Waals surface area contributed by atoms with Crippen LogP contribution in [0.25, 0.3) is 10.9 Å². The first-order valence-corrected chi connectivity index (χ1v) is 6.26. The Balaban J connectivity index is 0.00000120. The largest absolute Gasteiger partial charge is 0.296 e. The zero-order valence-corrected chi connectivity index (χ0v) is 11.3. The fourth-order valence-corrected chi connectivity index (χ4v) is 2.53. The molecule has 0 saturated carbocycles. The summed E-state index contributed by atoms with van der Waals surface area (Å²) in [5, 5.41) is 0.760. The van der Waals surface area contributed by atoms with Gasteiger partial charge >= 0.3 is 0 Å². The number of hydrogen-bond acceptors (Lipinski definition) is 2. The maximum atomic E-state index is 12.4. The molecule has 3 nitrogen and oxygen atoms in total. The molecular weight excluding hydrogens is 248 g/mol. The fraction of sp³-hybridized carbons (Fsp3) is 0.429. The highest BCUT2D eigenvalue weighted by Gasteiger charge is 2.13. The highest BCUT2D eigenvalue weighted by atomic mass is 35.5. The molecule has 18 heavy (non-hydrogen) atoms. The number of nitrogens with zero attached hydrogens (tertiary/aromatic N) is 2. The van der Waals surface area contributed by atoms with Gasteiger partial charge in [0.05, 0.1) is 10.9 Å². The lowest BCUT2D eigenvalue weighted by Crippen LogP contribution is -2.24. The van der Waals surface area contributed by atoms with Gasteiger partial charge in [-0.15, -0.1) is 12.4 Å². The van der Waals surface area contributed by atoms with Crippen molar-refractivity contribution in [2.45, 2.75) is 39.2 Å². The number of rotatable bonds is 0. The molecule has 2 aromatic rings. The van der Waals surface area contributed by atoms with Gasteiger partial charge in [0.1, 0.15) is 5.82 Å². The van der Waals surface area contributed by atoms with E-state index in [9.17, 15) is 4.79 Å². The second kappa shape index (κ2) is 5.11. The summed E-state index contributed by atoms with van der Waals surface area (Å²) in [6.45, 7) is 2.83. The van der Waals surface area contributed by atoms with E-state index in [1.807, 2.05) is 29.7 Å². The Hall–Kier alpha value is -1.35. The maximum Gasteiger partial charge on any atom is 0.261 e. The van der Waals surface area contributed by atoms with Gasteiger partial charge in [0.2, 0.25) is 0 Å². The summed E-state index contributed by atoms with van der Waals surface area (Å²) in [7, 11) is 0. The molecule has 0 unspecified atom stereocenters. The SMILES string of the molecule is Cc1ccc2nc3n(c(=O)c2c1)CCCCC3.Cl. The number of fused-ring (bicyclic) bond motifs is 2. The zero-order chi connectivity index (χ0) is 11.8. The molecule has 0 radical (unpaired) electrons. The van der Waals surface area contributed by atoms with E-state index in [0.29, 0.717) is 0 Å². The topological polar surface area (TPSA) is 34.9 Å². The van der Waals surface area contributed by atoms with Crippen LogP contribution in [-0.4, -0.2) is 9.55 Å². The Morgan fingerprint density at radius 3 is 2.89 bits per heavy atom. The van der Waals surface area contributed by atoms with Gasteiger partial charge in [-0.2, -0.15) is 0 Å². The van der Waals surface area contributed by atoms with Gasteiger partial charge in [0.15, 0.2) is 0 Å². The van der Waals surface area contributed by atoms with Gasteiger partial charge in [0, 0.05) is 13.0 Å². The first-order valence-electron chi connectivity index (χ1n) is 6.26. The summed E-state index contributed by atoms with van der Waals surface area (Å²) < 4.78 is 1.87. The number of halogens is 1. The first-order chi connectivity index (χ1) is 8.25. The average molecular weight is 265 g/mol. The fourth-order valence-electron chi connectivity index (χ4n) is 2.53. The molecule has 0 aliphatic carbocycles. The number of aromatic nitrogens is 2. The summed E-state index contributed by atoms with van der Waals surface area (Å²) in [6.07, 6.45) is 4.35. The first kappa shape index (κ1) is 13.1. The van der Waals surface area contributed by atoms with Gasteiger partial charge in [-0.1, -0.05) is 18.1 Å². The van der Waals surface area contributed by atoms with E-state index in [2.05, 4.69) is 4.98 Å². The van der Waals surface area contributed by atoms with Crippen molar-refractivity contribution in [1.29, 1.82) is 0 Å². The Morgan fingerprint density at radius 2 is 2.06 bits per heavy atom. The van der Waals surface area contributed by atoms with Gasteiger partial charge < -0.3 is 0 Å². The standard InChI is InChI=1S/C14H16N2O.ClH/c1-10-6-7-12-11(9-10)14(17)16-8-4-2-3-5-13(16)15-12;/h6-7,9H,2-5,8H2,1H3;1H. The minimum absolute atomic E-state index is 0. The van der Waals surface area contributed by atoms with Crippen LogP contribution in [0.5, 0.6) is 0 Å². The lowest BCUT2D eigenvalue weighted by Gasteiger charge is -2.10. The van der Waals surface area contributed by atoms with Crippen molar-refractivity contribution in [3.05, 3.63) is 39.9 Å². The van der Waals surface area contributed by atoms with Crippen molar-refractivity contribution in [3.8, 4) is 0 Å². The van der Waals surface area contributed by atoms with Crippen LogP contribution in [0.1, 0.15) is 30.7 Å². The van der Waals surface area contributed by atoms with E-state index >= 15 is 0 Å². The number of benzene rings is 1. The van der Waals surface area contributed by atoms with Crippen LogP contribution in [0.3, 0.4) is 0 Å². The third kappa shape index (κ3) is 2.15. The molecule has 0 bridgehead atoms. The molecule has 96 valence electrons. The Kier molecular flexibility index (Phi) is 3.71. The van der Waals surface area contributed by atoms with Crippen molar-refractivity contribution in [2.24, 2.45) is 0 Å². The molecule has 1 aromatic heterocycles. The van der Waals surface area contributed by atoms with E-state index in [0.717, 1.165) is 48.1 Å². The highest BCUT2D eigenvalue weighted by Crippen LogP contribution is 2.15. The van der Waals surface area contributed by atoms with Crippen LogP contribution in [0.2, 0.25) is 0 Å². The van der Waals surface area contributed by atoms with E-state index in [-0.39, 0.29) is 18.0 Å². The van der Waals surface area contributed by atoms with Gasteiger partial charge in [-0.3, -0.25) is 9.36 Å². The second-order valence-corrected chi connectivity index (χ2v) is 4.82. The quantitative estimate of drug-likeness (QED) is 0.733. The normalized spacial score (nSPS) is 14.7. The summed E-state index contributed by atoms with van der Waals surface area (Å²) in [5.41, 5.74) is 2.09. The molecule has 1 aromatic carbocycles. The van der Waals surface area contributed by atoms with Crippen LogP contribution in [0.15, 0.2) is 23.0 Å². The third-order valence-electron chi connectivity index (χ3n) is 3.47. The lowest BCUT2D eigenvalue weighted by atomic mass is 10.1. The molecule has 4 heteroatoms. The molecule has 0 atom stereocenters. The minimum Gasteiger partial charge on any atom is -0.296 e. The van der Waals surface area contributed by atoms with Crippen LogP contribution in [0, 0.1) is 6.92 Å². The molecule has 0 fully saturated rings. The summed E-state index contributed by atoms with van der Waals surface area (Å²) >= 11 is 0. The highest BCUT2D eigenvalue weighted by molar-refractivity contribution is 5.85. The summed E-state index contributed by atoms with van der Waals surface area (Å²) in [4.78, 5) is 17.0. The van der Waals surface area contributed by atoms with Crippen molar-refractivity contribution >= 4 is 23.3 Å². The predicted octanol–water partition coefficient (Wildman–Crippen LogP) is 2.85. The third-order valence-corrected chi connectivity index (χ3v) is 3.47. The van der Waals surface area contributed by atoms with Crippen LogP contribution >= 0.6 is 12.4 Å². The summed E-state index contributed by atoms with van der Waals surface area (Å²) in [5.74, 6) is 0.962. The van der Waals surface area contributed by atoms with Gasteiger partial charge in [-0.05, 0) is 31.9 Å². The molecular formula is C14H17ClN2O. The van der Waals surface area contributed by atoms with Crippen molar-refractivity contribution in [1.82, 2.24) is 9.55 Å². The maximum absolute atomic E-state index is 12.4. The molecule has 0 saturated heterocycles. The van der Waals surface area contributed by atoms with Crippen molar-refractivity contribution in [2.75, 3.05) is 0 Å². The van der Waals surface area contributed by atoms with E-state index < -0.39 is 0 Å². The van der Waals surface area contributed by atoms with Gasteiger partial charge in [-0.25, -0.2) is 4.98 Å². The summed E-state index contributed by atoms with van der Waals surface area (Å²) in [6, 6.07) is 5.92. The van der Waals surface area contributed by atoms with Gasteiger partial charge in [0.25, 0.3) is 5.56 Å². The van der Waals surface area contributed by atoms with Crippen molar-refractivity contribution < 1.29 is 0 Å². The molecule has 0 amide bonds. The van der Waals surface area contributed by atoms with Crippen LogP contribution in [-0.2, 0) is 13.0 Å². The van der Waals surface area contributed by atoms with Crippen LogP contribution < -0.4 is 5.56 Å². The molecule has 0 spiro atoms. The molecule has 2 heterocycles. The van der Waals surface area contributed by atoms with E-state index in [1.54, 1.807) is 0 Å². The number of hydrogen-bond donors (Lipinski definition) is 0. The molecule has 1 aliphatic heterocycles. The Bertz CT molecular complexity index is 633. The molecule has 3 rings (SSSR count). The smallest absolute Gasteiger partial charge is 0.261 e. The Labute approximate surface area is 112 Å².